The summed E-state index contributed by atoms with van der Waals surface area (Å²) in [6, 6.07) is 0. The summed E-state index contributed by atoms with van der Waals surface area (Å²) in [5, 5.41) is 12.3. The SMILES string of the molecule is O=C(CC1CCCO1)NCC1CCC(O)C1. The Labute approximate surface area is 96.4 Å². The third-order valence-corrected chi connectivity index (χ3v) is 3.54. The van der Waals surface area contributed by atoms with Gasteiger partial charge in [-0.1, -0.05) is 0 Å². The normalized spacial score (nSPS) is 34.2. The van der Waals surface area contributed by atoms with Crippen LogP contribution in [-0.4, -0.2) is 36.4 Å². The summed E-state index contributed by atoms with van der Waals surface area (Å²) in [5.41, 5.74) is 0. The zero-order chi connectivity index (χ0) is 11.4. The van der Waals surface area contributed by atoms with E-state index in [0.29, 0.717) is 18.9 Å². The van der Waals surface area contributed by atoms with Crippen molar-refractivity contribution in [1.82, 2.24) is 5.32 Å². The van der Waals surface area contributed by atoms with E-state index in [1.807, 2.05) is 0 Å². The van der Waals surface area contributed by atoms with Gasteiger partial charge in [-0.15, -0.1) is 0 Å². The highest BCUT2D eigenvalue weighted by Gasteiger charge is 2.24. The van der Waals surface area contributed by atoms with Crippen LogP contribution in [0.1, 0.15) is 38.5 Å². The van der Waals surface area contributed by atoms with Crippen LogP contribution in [-0.2, 0) is 9.53 Å². The summed E-state index contributed by atoms with van der Waals surface area (Å²) in [7, 11) is 0. The van der Waals surface area contributed by atoms with Crippen LogP contribution < -0.4 is 5.32 Å². The lowest BCUT2D eigenvalue weighted by atomic mass is 10.1. The minimum absolute atomic E-state index is 0.0910. The van der Waals surface area contributed by atoms with Gasteiger partial charge in [0.15, 0.2) is 0 Å². The van der Waals surface area contributed by atoms with Crippen LogP contribution in [0.3, 0.4) is 0 Å². The number of hydrogen-bond donors (Lipinski definition) is 2. The number of nitrogens with one attached hydrogen (secondary N) is 1. The van der Waals surface area contributed by atoms with Gasteiger partial charge >= 0.3 is 0 Å². The molecule has 92 valence electrons. The quantitative estimate of drug-likeness (QED) is 0.748. The first-order valence-electron chi connectivity index (χ1n) is 6.30. The van der Waals surface area contributed by atoms with Gasteiger partial charge in [-0.05, 0) is 38.0 Å². The van der Waals surface area contributed by atoms with Crippen molar-refractivity contribution in [2.75, 3.05) is 13.2 Å². The van der Waals surface area contributed by atoms with E-state index in [9.17, 15) is 9.90 Å². The molecule has 1 heterocycles. The number of rotatable bonds is 4. The molecule has 1 aliphatic carbocycles. The molecule has 0 aromatic heterocycles. The van der Waals surface area contributed by atoms with Gasteiger partial charge < -0.3 is 15.2 Å². The highest BCUT2D eigenvalue weighted by Crippen LogP contribution is 2.24. The molecule has 3 unspecified atom stereocenters. The second-order valence-corrected chi connectivity index (χ2v) is 4.98. The fraction of sp³-hybridized carbons (Fsp3) is 0.917. The van der Waals surface area contributed by atoms with Gasteiger partial charge in [0.2, 0.25) is 5.91 Å². The average molecular weight is 227 g/mol. The largest absolute Gasteiger partial charge is 0.393 e. The van der Waals surface area contributed by atoms with E-state index >= 15 is 0 Å². The molecule has 2 fully saturated rings. The minimum atomic E-state index is -0.153. The van der Waals surface area contributed by atoms with Gasteiger partial charge in [0.05, 0.1) is 18.6 Å². The molecule has 1 amide bonds. The summed E-state index contributed by atoms with van der Waals surface area (Å²) in [6.45, 7) is 1.51. The Morgan fingerprint density at radius 2 is 2.25 bits per heavy atom. The van der Waals surface area contributed by atoms with Crippen molar-refractivity contribution >= 4 is 5.91 Å². The number of carbonyl (C=O) groups excluding carboxylic acids is 1. The zero-order valence-electron chi connectivity index (χ0n) is 9.65. The Morgan fingerprint density at radius 3 is 2.88 bits per heavy atom. The van der Waals surface area contributed by atoms with E-state index < -0.39 is 0 Å². The molecular formula is C12H21NO3. The van der Waals surface area contributed by atoms with Crippen molar-refractivity contribution in [3.8, 4) is 0 Å². The molecule has 1 saturated heterocycles. The zero-order valence-corrected chi connectivity index (χ0v) is 9.65. The number of aliphatic hydroxyl groups excluding tert-OH is 1. The van der Waals surface area contributed by atoms with E-state index in [4.69, 9.17) is 4.74 Å². The van der Waals surface area contributed by atoms with Crippen molar-refractivity contribution < 1.29 is 14.6 Å². The van der Waals surface area contributed by atoms with Crippen LogP contribution in [0.15, 0.2) is 0 Å². The average Bonchev–Trinajstić information content (AvgIpc) is 2.87. The maximum atomic E-state index is 11.6. The highest BCUT2D eigenvalue weighted by atomic mass is 16.5. The van der Waals surface area contributed by atoms with E-state index in [2.05, 4.69) is 5.32 Å². The number of hydrogen-bond acceptors (Lipinski definition) is 3. The number of aliphatic hydroxyl groups is 1. The van der Waals surface area contributed by atoms with Crippen molar-refractivity contribution in [3.05, 3.63) is 0 Å². The lowest BCUT2D eigenvalue weighted by molar-refractivity contribution is -0.123. The maximum Gasteiger partial charge on any atom is 0.222 e. The van der Waals surface area contributed by atoms with Gasteiger partial charge in [0.25, 0.3) is 0 Å². The molecule has 0 spiro atoms. The number of carbonyl (C=O) groups is 1. The summed E-state index contributed by atoms with van der Waals surface area (Å²) in [4.78, 5) is 11.6. The van der Waals surface area contributed by atoms with Crippen LogP contribution >= 0.6 is 0 Å². The number of amides is 1. The molecule has 4 heteroatoms. The fourth-order valence-corrected chi connectivity index (χ4v) is 2.58. The molecule has 2 rings (SSSR count). The van der Waals surface area contributed by atoms with Gasteiger partial charge in [0.1, 0.15) is 0 Å². The lowest BCUT2D eigenvalue weighted by Gasteiger charge is -2.13. The molecule has 4 nitrogen and oxygen atoms in total. The second-order valence-electron chi connectivity index (χ2n) is 4.98. The Kier molecular flexibility index (Phi) is 4.18. The summed E-state index contributed by atoms with van der Waals surface area (Å²) >= 11 is 0. The Hall–Kier alpha value is -0.610. The van der Waals surface area contributed by atoms with Crippen LogP contribution in [0.4, 0.5) is 0 Å². The molecule has 2 N–H and O–H groups in total. The molecule has 1 aliphatic heterocycles. The Balaban J connectivity index is 1.60. The molecule has 0 aromatic carbocycles. The third-order valence-electron chi connectivity index (χ3n) is 3.54. The summed E-state index contributed by atoms with van der Waals surface area (Å²) in [5.74, 6) is 0.553. The van der Waals surface area contributed by atoms with Crippen LogP contribution in [0.25, 0.3) is 0 Å². The van der Waals surface area contributed by atoms with Crippen LogP contribution in [0.5, 0.6) is 0 Å². The van der Waals surface area contributed by atoms with E-state index in [1.165, 1.54) is 0 Å². The molecule has 0 bridgehead atoms. The van der Waals surface area contributed by atoms with Gasteiger partial charge in [-0.2, -0.15) is 0 Å². The first kappa shape index (κ1) is 11.9. The van der Waals surface area contributed by atoms with Crippen molar-refractivity contribution in [1.29, 1.82) is 0 Å². The minimum Gasteiger partial charge on any atom is -0.393 e. The van der Waals surface area contributed by atoms with Gasteiger partial charge in [-0.3, -0.25) is 4.79 Å². The smallest absolute Gasteiger partial charge is 0.222 e. The van der Waals surface area contributed by atoms with E-state index in [1.54, 1.807) is 0 Å². The Bertz CT molecular complexity index is 238. The first-order chi connectivity index (χ1) is 7.74. The topological polar surface area (TPSA) is 58.6 Å². The van der Waals surface area contributed by atoms with E-state index in [0.717, 1.165) is 38.7 Å². The highest BCUT2D eigenvalue weighted by molar-refractivity contribution is 5.76. The molecule has 3 atom stereocenters. The fourth-order valence-electron chi connectivity index (χ4n) is 2.58. The van der Waals surface area contributed by atoms with Gasteiger partial charge in [-0.25, -0.2) is 0 Å². The Morgan fingerprint density at radius 1 is 1.38 bits per heavy atom. The van der Waals surface area contributed by atoms with Gasteiger partial charge in [0, 0.05) is 13.2 Å². The molecule has 2 aliphatic rings. The van der Waals surface area contributed by atoms with Crippen LogP contribution in [0.2, 0.25) is 0 Å². The van der Waals surface area contributed by atoms with Crippen molar-refractivity contribution in [3.63, 3.8) is 0 Å². The number of ether oxygens (including phenoxy) is 1. The third kappa shape index (κ3) is 3.46. The van der Waals surface area contributed by atoms with Crippen molar-refractivity contribution in [2.45, 2.75) is 50.7 Å². The maximum absolute atomic E-state index is 11.6. The van der Waals surface area contributed by atoms with E-state index in [-0.39, 0.29) is 18.1 Å². The molecule has 1 saturated carbocycles. The standard InChI is InChI=1S/C12H21NO3/c14-10-4-3-9(6-10)8-13-12(15)7-11-2-1-5-16-11/h9-11,14H,1-8H2,(H,13,15). The predicted octanol–water partition coefficient (Wildman–Crippen LogP) is 0.833. The summed E-state index contributed by atoms with van der Waals surface area (Å²) in [6.07, 6.45) is 5.31. The summed E-state index contributed by atoms with van der Waals surface area (Å²) < 4.78 is 5.41. The van der Waals surface area contributed by atoms with Crippen molar-refractivity contribution in [2.24, 2.45) is 5.92 Å². The molecule has 16 heavy (non-hydrogen) atoms. The lowest BCUT2D eigenvalue weighted by Crippen LogP contribution is -2.31. The first-order valence-corrected chi connectivity index (χ1v) is 6.30. The second kappa shape index (κ2) is 5.64. The molecule has 0 aromatic rings. The van der Waals surface area contributed by atoms with Crippen LogP contribution in [0, 0.1) is 5.92 Å². The monoisotopic (exact) mass is 227 g/mol. The molecule has 0 radical (unpaired) electrons. The predicted molar refractivity (Wildman–Crippen MR) is 59.9 cm³/mol. The molecular weight excluding hydrogens is 206 g/mol.